The molecule has 1 aliphatic heterocycles. The first-order chi connectivity index (χ1) is 11.2. The summed E-state index contributed by atoms with van der Waals surface area (Å²) in [7, 11) is 0. The first-order valence-electron chi connectivity index (χ1n) is 7.80. The summed E-state index contributed by atoms with van der Waals surface area (Å²) in [5.74, 6) is -0.609. The van der Waals surface area contributed by atoms with Crippen molar-refractivity contribution >= 4 is 30.7 Å². The number of hydrogen-bond acceptors (Lipinski definition) is 3. The second-order valence-corrected chi connectivity index (χ2v) is 5.74. The average Bonchev–Trinajstić information content (AvgIpc) is 2.60. The van der Waals surface area contributed by atoms with Crippen molar-refractivity contribution in [1.82, 2.24) is 15.6 Å². The predicted molar refractivity (Wildman–Crippen MR) is 101 cm³/mol. The number of halogens is 3. The Morgan fingerprint density at radius 1 is 1.32 bits per heavy atom. The van der Waals surface area contributed by atoms with E-state index in [-0.39, 0.29) is 24.8 Å². The topological polar surface area (TPSA) is 54.0 Å². The van der Waals surface area contributed by atoms with Crippen LogP contribution in [0.4, 0.5) is 4.39 Å². The Bertz CT molecular complexity index is 713. The molecule has 2 aromatic rings. The van der Waals surface area contributed by atoms with Crippen molar-refractivity contribution < 1.29 is 9.18 Å². The fraction of sp³-hybridized carbons (Fsp3) is 0.333. The number of fused-ring (bicyclic) bond motifs is 1. The molecule has 0 bridgehead atoms. The van der Waals surface area contributed by atoms with Crippen molar-refractivity contribution in [2.75, 3.05) is 6.54 Å². The summed E-state index contributed by atoms with van der Waals surface area (Å²) in [5.41, 5.74) is 4.66. The van der Waals surface area contributed by atoms with Gasteiger partial charge in [-0.3, -0.25) is 9.78 Å². The predicted octanol–water partition coefficient (Wildman–Crippen LogP) is 3.21. The molecule has 1 aromatic heterocycles. The molecule has 136 valence electrons. The van der Waals surface area contributed by atoms with E-state index in [9.17, 15) is 9.18 Å². The van der Waals surface area contributed by atoms with E-state index in [1.165, 1.54) is 5.56 Å². The highest BCUT2D eigenvalue weighted by molar-refractivity contribution is 5.85. The zero-order chi connectivity index (χ0) is 16.2. The highest BCUT2D eigenvalue weighted by Crippen LogP contribution is 2.21. The van der Waals surface area contributed by atoms with Crippen LogP contribution in [0.5, 0.6) is 0 Å². The maximum atomic E-state index is 14.2. The van der Waals surface area contributed by atoms with Gasteiger partial charge in [0.2, 0.25) is 6.17 Å². The quantitative estimate of drug-likeness (QED) is 0.849. The van der Waals surface area contributed by atoms with E-state index in [0.717, 1.165) is 36.3 Å². The van der Waals surface area contributed by atoms with Gasteiger partial charge < -0.3 is 10.6 Å². The van der Waals surface area contributed by atoms with Crippen LogP contribution in [0.15, 0.2) is 36.5 Å². The molecule has 1 unspecified atom stereocenters. The van der Waals surface area contributed by atoms with Crippen LogP contribution in [0.2, 0.25) is 0 Å². The summed E-state index contributed by atoms with van der Waals surface area (Å²) in [4.78, 5) is 16.5. The number of carbonyl (C=O) groups excluding carboxylic acids is 1. The summed E-state index contributed by atoms with van der Waals surface area (Å²) < 4.78 is 14.2. The number of hydrogen-bond donors (Lipinski definition) is 2. The lowest BCUT2D eigenvalue weighted by Gasteiger charge is -2.22. The van der Waals surface area contributed by atoms with Crippen molar-refractivity contribution in [1.29, 1.82) is 0 Å². The summed E-state index contributed by atoms with van der Waals surface area (Å²) in [6.07, 6.45) is 1.14. The molecule has 2 heterocycles. The van der Waals surface area contributed by atoms with E-state index in [1.54, 1.807) is 30.3 Å². The van der Waals surface area contributed by atoms with Crippen molar-refractivity contribution in [2.24, 2.45) is 0 Å². The lowest BCUT2D eigenvalue weighted by atomic mass is 9.96. The number of nitrogens with zero attached hydrogens (tertiary/aromatic N) is 1. The fourth-order valence-corrected chi connectivity index (χ4v) is 2.92. The number of aryl methyl sites for hydroxylation is 1. The standard InChI is InChI=1S/C18H20FN3O.2ClH/c1-12-16(15-7-8-20-9-14(15)10-21-12)11-22-18(23)17(19)13-5-3-2-4-6-13;;/h2-6,10,17,20H,7-9,11H2,1H3,(H,22,23);2*1H. The Balaban J connectivity index is 0.00000156. The summed E-state index contributed by atoms with van der Waals surface area (Å²) in [6.45, 7) is 3.94. The van der Waals surface area contributed by atoms with Crippen LogP contribution in [0.3, 0.4) is 0 Å². The molecule has 2 N–H and O–H groups in total. The van der Waals surface area contributed by atoms with Crippen LogP contribution >= 0.6 is 24.8 Å². The Morgan fingerprint density at radius 2 is 2.04 bits per heavy atom. The van der Waals surface area contributed by atoms with Gasteiger partial charge >= 0.3 is 0 Å². The number of nitrogens with one attached hydrogen (secondary N) is 2. The van der Waals surface area contributed by atoms with Gasteiger partial charge in [-0.05, 0) is 42.1 Å². The number of carbonyl (C=O) groups is 1. The van der Waals surface area contributed by atoms with E-state index < -0.39 is 12.1 Å². The lowest BCUT2D eigenvalue weighted by Crippen LogP contribution is -2.30. The van der Waals surface area contributed by atoms with Crippen LogP contribution in [0.1, 0.15) is 34.1 Å². The lowest BCUT2D eigenvalue weighted by molar-refractivity contribution is -0.126. The minimum atomic E-state index is -1.65. The molecule has 0 fully saturated rings. The maximum Gasteiger partial charge on any atom is 0.259 e. The smallest absolute Gasteiger partial charge is 0.259 e. The molecule has 1 aromatic carbocycles. The SMILES string of the molecule is Cc1ncc2c(c1CNC(=O)C(F)c1ccccc1)CCNC2.Cl.Cl. The molecule has 0 saturated heterocycles. The number of aromatic nitrogens is 1. The first-order valence-corrected chi connectivity index (χ1v) is 7.80. The van der Waals surface area contributed by atoms with Gasteiger partial charge in [0.15, 0.2) is 0 Å². The molecule has 0 saturated carbocycles. The average molecular weight is 386 g/mol. The van der Waals surface area contributed by atoms with Crippen LogP contribution < -0.4 is 10.6 Å². The van der Waals surface area contributed by atoms with Crippen LogP contribution in [-0.4, -0.2) is 17.4 Å². The first kappa shape index (κ1) is 21.4. The van der Waals surface area contributed by atoms with Gasteiger partial charge in [0, 0.05) is 25.0 Å². The Hall–Kier alpha value is -1.69. The minimum absolute atomic E-state index is 0. The minimum Gasteiger partial charge on any atom is -0.349 e. The molecule has 1 amide bonds. The number of rotatable bonds is 4. The number of benzene rings is 1. The van der Waals surface area contributed by atoms with Gasteiger partial charge in [0.25, 0.3) is 5.91 Å². The molecule has 0 radical (unpaired) electrons. The largest absolute Gasteiger partial charge is 0.349 e. The summed E-state index contributed by atoms with van der Waals surface area (Å²) >= 11 is 0. The highest BCUT2D eigenvalue weighted by Gasteiger charge is 2.21. The van der Waals surface area contributed by atoms with Gasteiger partial charge in [-0.2, -0.15) is 0 Å². The monoisotopic (exact) mass is 385 g/mol. The molecule has 1 aliphatic rings. The van der Waals surface area contributed by atoms with E-state index >= 15 is 0 Å². The molecule has 0 aliphatic carbocycles. The third-order valence-electron chi connectivity index (χ3n) is 4.23. The van der Waals surface area contributed by atoms with Gasteiger partial charge in [-0.25, -0.2) is 4.39 Å². The van der Waals surface area contributed by atoms with Gasteiger partial charge in [0.1, 0.15) is 0 Å². The molecular formula is C18H22Cl2FN3O. The Kier molecular flexibility index (Phi) is 8.29. The van der Waals surface area contributed by atoms with Crippen LogP contribution in [0.25, 0.3) is 0 Å². The van der Waals surface area contributed by atoms with Gasteiger partial charge in [-0.15, -0.1) is 24.8 Å². The van der Waals surface area contributed by atoms with Crippen LogP contribution in [0, 0.1) is 6.92 Å². The van der Waals surface area contributed by atoms with Crippen molar-refractivity contribution in [3.63, 3.8) is 0 Å². The molecule has 25 heavy (non-hydrogen) atoms. The van der Waals surface area contributed by atoms with Gasteiger partial charge in [-0.1, -0.05) is 30.3 Å². The molecule has 3 rings (SSSR count). The number of alkyl halides is 1. The third-order valence-corrected chi connectivity index (χ3v) is 4.23. The van der Waals surface area contributed by atoms with E-state index in [2.05, 4.69) is 15.6 Å². The zero-order valence-electron chi connectivity index (χ0n) is 13.9. The fourth-order valence-electron chi connectivity index (χ4n) is 2.92. The molecule has 7 heteroatoms. The normalized spacial score (nSPS) is 13.7. The van der Waals surface area contributed by atoms with Crippen LogP contribution in [-0.2, 0) is 24.3 Å². The zero-order valence-corrected chi connectivity index (χ0v) is 15.6. The molecule has 0 spiro atoms. The van der Waals surface area contributed by atoms with Gasteiger partial charge in [0.05, 0.1) is 0 Å². The molecular weight excluding hydrogens is 364 g/mol. The van der Waals surface area contributed by atoms with E-state index in [4.69, 9.17) is 0 Å². The molecule has 4 nitrogen and oxygen atoms in total. The van der Waals surface area contributed by atoms with E-state index in [0.29, 0.717) is 12.1 Å². The third kappa shape index (κ3) is 4.91. The van der Waals surface area contributed by atoms with Crippen molar-refractivity contribution in [2.45, 2.75) is 32.6 Å². The summed E-state index contributed by atoms with van der Waals surface area (Å²) in [5, 5.41) is 6.02. The number of amides is 1. The van der Waals surface area contributed by atoms with E-state index in [1.807, 2.05) is 13.1 Å². The van der Waals surface area contributed by atoms with Crippen molar-refractivity contribution in [3.05, 3.63) is 64.5 Å². The summed E-state index contributed by atoms with van der Waals surface area (Å²) in [6, 6.07) is 8.49. The second-order valence-electron chi connectivity index (χ2n) is 5.74. The second kappa shape index (κ2) is 9.70. The maximum absolute atomic E-state index is 14.2. The highest BCUT2D eigenvalue weighted by atomic mass is 35.5. The number of pyridine rings is 1. The Labute approximate surface area is 159 Å². The molecule has 1 atom stereocenters. The van der Waals surface area contributed by atoms with Crippen molar-refractivity contribution in [3.8, 4) is 0 Å². The Morgan fingerprint density at radius 3 is 2.76 bits per heavy atom.